The number of alkyl carbamates (subject to hydrolysis) is 2. The van der Waals surface area contributed by atoms with Crippen molar-refractivity contribution in [3.05, 3.63) is 0 Å². The van der Waals surface area contributed by atoms with E-state index in [1.165, 1.54) is 28.4 Å². The topological polar surface area (TPSA) is 188 Å². The van der Waals surface area contributed by atoms with Gasteiger partial charge in [0.15, 0.2) is 12.2 Å². The fraction of sp³-hybridized carbons (Fsp3) is 0.800. The standard InChI is InChI=1S/2C10H15NO6/c2*1-15-8-6(12)4(9(13)16-2)3-5-7(8)17-10(14)11-5/h2*4-8,12H,3H2,1-2H3,(H,11,14). The average Bonchev–Trinajstić information content (AvgIpc) is 3.38. The van der Waals surface area contributed by atoms with Crippen LogP contribution < -0.4 is 10.6 Å². The van der Waals surface area contributed by atoms with Crippen LogP contribution in [0, 0.1) is 11.8 Å². The van der Waals surface area contributed by atoms with Crippen molar-refractivity contribution in [3.63, 3.8) is 0 Å². The molecule has 2 saturated heterocycles. The molecular formula is C20H30N2O12. The Morgan fingerprint density at radius 1 is 0.765 bits per heavy atom. The Morgan fingerprint density at radius 3 is 1.41 bits per heavy atom. The van der Waals surface area contributed by atoms with Crippen LogP contribution in [-0.2, 0) is 38.0 Å². The lowest BCUT2D eigenvalue weighted by molar-refractivity contribution is -0.167. The van der Waals surface area contributed by atoms with Crippen molar-refractivity contribution in [1.82, 2.24) is 10.6 Å². The molecule has 0 aromatic rings. The number of ether oxygens (including phenoxy) is 6. The minimum Gasteiger partial charge on any atom is -0.469 e. The normalized spacial score (nSPS) is 40.2. The van der Waals surface area contributed by atoms with Crippen LogP contribution in [0.3, 0.4) is 0 Å². The van der Waals surface area contributed by atoms with Gasteiger partial charge in [0.25, 0.3) is 0 Å². The van der Waals surface area contributed by atoms with Gasteiger partial charge in [0.1, 0.15) is 12.2 Å². The van der Waals surface area contributed by atoms with Crippen LogP contribution in [-0.4, -0.2) is 111 Å². The van der Waals surface area contributed by atoms with E-state index in [-0.39, 0.29) is 24.9 Å². The molecule has 2 aliphatic heterocycles. The van der Waals surface area contributed by atoms with E-state index in [9.17, 15) is 29.4 Å². The zero-order chi connectivity index (χ0) is 25.2. The molecule has 0 spiro atoms. The maximum absolute atomic E-state index is 11.5. The summed E-state index contributed by atoms with van der Waals surface area (Å²) in [4.78, 5) is 45.3. The van der Waals surface area contributed by atoms with Gasteiger partial charge in [0.05, 0.1) is 50.3 Å². The maximum Gasteiger partial charge on any atom is 0.407 e. The summed E-state index contributed by atoms with van der Waals surface area (Å²) >= 11 is 0. The van der Waals surface area contributed by atoms with Crippen LogP contribution in [0.15, 0.2) is 0 Å². The molecule has 14 nitrogen and oxygen atoms in total. The lowest BCUT2D eigenvalue weighted by Gasteiger charge is -2.38. The molecule has 0 aromatic heterocycles. The van der Waals surface area contributed by atoms with E-state index in [4.69, 9.17) is 18.9 Å². The number of hydrogen-bond acceptors (Lipinski definition) is 12. The fourth-order valence-corrected chi connectivity index (χ4v) is 4.92. The Kier molecular flexibility index (Phi) is 8.17. The number of carbonyl (C=O) groups excluding carboxylic acids is 4. The third-order valence-corrected chi connectivity index (χ3v) is 6.60. The molecule has 2 heterocycles. The highest BCUT2D eigenvalue weighted by atomic mass is 16.6. The summed E-state index contributed by atoms with van der Waals surface area (Å²) < 4.78 is 29.5. The second-order valence-electron chi connectivity index (χ2n) is 8.35. The number of carbonyl (C=O) groups is 4. The second kappa shape index (κ2) is 10.7. The number of hydrogen-bond donors (Lipinski definition) is 4. The maximum atomic E-state index is 11.5. The molecule has 14 heteroatoms. The molecular weight excluding hydrogens is 460 g/mol. The summed E-state index contributed by atoms with van der Waals surface area (Å²) in [6.45, 7) is 0. The molecule has 2 amide bonds. The predicted molar refractivity (Wildman–Crippen MR) is 108 cm³/mol. The molecule has 10 unspecified atom stereocenters. The van der Waals surface area contributed by atoms with Crippen molar-refractivity contribution in [2.75, 3.05) is 28.4 Å². The number of aliphatic hydroxyl groups excluding tert-OH is 2. The lowest BCUT2D eigenvalue weighted by atomic mass is 9.79. The van der Waals surface area contributed by atoms with Gasteiger partial charge in [-0.05, 0) is 12.8 Å². The van der Waals surface area contributed by atoms with Gasteiger partial charge in [0, 0.05) is 14.2 Å². The lowest BCUT2D eigenvalue weighted by Crippen LogP contribution is -2.57. The Labute approximate surface area is 195 Å². The highest BCUT2D eigenvalue weighted by molar-refractivity contribution is 5.76. The summed E-state index contributed by atoms with van der Waals surface area (Å²) in [7, 11) is 5.31. The molecule has 0 aromatic carbocycles. The second-order valence-corrected chi connectivity index (χ2v) is 8.35. The number of fused-ring (bicyclic) bond motifs is 2. The first kappa shape index (κ1) is 25.9. The average molecular weight is 490 g/mol. The van der Waals surface area contributed by atoms with Gasteiger partial charge in [0.2, 0.25) is 0 Å². The fourth-order valence-electron chi connectivity index (χ4n) is 4.92. The first-order valence-corrected chi connectivity index (χ1v) is 10.7. The van der Waals surface area contributed by atoms with E-state index in [0.717, 1.165) is 0 Å². The monoisotopic (exact) mass is 490 g/mol. The number of amides is 2. The third kappa shape index (κ3) is 4.89. The van der Waals surface area contributed by atoms with Crippen molar-refractivity contribution < 1.29 is 57.8 Å². The van der Waals surface area contributed by atoms with Gasteiger partial charge in [-0.2, -0.15) is 0 Å². The largest absolute Gasteiger partial charge is 0.469 e. The first-order chi connectivity index (χ1) is 16.2. The van der Waals surface area contributed by atoms with Gasteiger partial charge in [-0.25, -0.2) is 9.59 Å². The van der Waals surface area contributed by atoms with E-state index in [1.807, 2.05) is 0 Å². The molecule has 4 fully saturated rings. The summed E-state index contributed by atoms with van der Waals surface area (Å²) in [5, 5.41) is 25.2. The molecule has 2 saturated carbocycles. The Morgan fingerprint density at radius 2 is 1.12 bits per heavy atom. The van der Waals surface area contributed by atoms with Crippen LogP contribution in [0.4, 0.5) is 9.59 Å². The van der Waals surface area contributed by atoms with Crippen LogP contribution in [0.25, 0.3) is 0 Å². The van der Waals surface area contributed by atoms with E-state index in [1.54, 1.807) is 0 Å². The van der Waals surface area contributed by atoms with Crippen LogP contribution >= 0.6 is 0 Å². The van der Waals surface area contributed by atoms with Crippen LogP contribution in [0.2, 0.25) is 0 Å². The summed E-state index contributed by atoms with van der Waals surface area (Å²) in [5.41, 5.74) is 0. The number of nitrogens with one attached hydrogen (secondary N) is 2. The number of methoxy groups -OCH3 is 4. The third-order valence-electron chi connectivity index (χ3n) is 6.60. The van der Waals surface area contributed by atoms with Gasteiger partial charge in [-0.15, -0.1) is 0 Å². The molecule has 192 valence electrons. The van der Waals surface area contributed by atoms with E-state index < -0.39 is 72.6 Å². The van der Waals surface area contributed by atoms with E-state index >= 15 is 0 Å². The Hall–Kier alpha value is -2.68. The summed E-state index contributed by atoms with van der Waals surface area (Å²) in [6.07, 6.45) is -5.21. The van der Waals surface area contributed by atoms with Gasteiger partial charge < -0.3 is 49.3 Å². The molecule has 4 rings (SSSR count). The smallest absolute Gasteiger partial charge is 0.407 e. The zero-order valence-corrected chi connectivity index (χ0v) is 19.2. The van der Waals surface area contributed by atoms with Gasteiger partial charge in [-0.3, -0.25) is 9.59 Å². The highest BCUT2D eigenvalue weighted by Gasteiger charge is 2.54. The van der Waals surface area contributed by atoms with Crippen molar-refractivity contribution in [2.24, 2.45) is 11.8 Å². The molecule has 4 aliphatic rings. The SMILES string of the molecule is COC(=O)C1CC2NC(=O)OC2C(OC)C1O.COC(=O)C1CC2NC(=O)OC2C(OC)C1O. The highest BCUT2D eigenvalue weighted by Crippen LogP contribution is 2.34. The Bertz CT molecular complexity index is 730. The zero-order valence-electron chi connectivity index (χ0n) is 19.2. The van der Waals surface area contributed by atoms with Crippen molar-refractivity contribution in [1.29, 1.82) is 0 Å². The number of aliphatic hydroxyl groups is 2. The molecule has 34 heavy (non-hydrogen) atoms. The number of rotatable bonds is 4. The number of esters is 2. The van der Waals surface area contributed by atoms with Gasteiger partial charge >= 0.3 is 24.1 Å². The van der Waals surface area contributed by atoms with Crippen LogP contribution in [0.5, 0.6) is 0 Å². The van der Waals surface area contributed by atoms with E-state index in [2.05, 4.69) is 20.1 Å². The van der Waals surface area contributed by atoms with Crippen molar-refractivity contribution in [3.8, 4) is 0 Å². The summed E-state index contributed by atoms with van der Waals surface area (Å²) in [5.74, 6) is -2.46. The van der Waals surface area contributed by atoms with Crippen LogP contribution in [0.1, 0.15) is 12.8 Å². The van der Waals surface area contributed by atoms with Crippen molar-refractivity contribution in [2.45, 2.75) is 61.5 Å². The molecule has 0 radical (unpaired) electrons. The summed E-state index contributed by atoms with van der Waals surface area (Å²) in [6, 6.07) is -0.667. The Balaban J connectivity index is 0.000000191. The molecule has 4 N–H and O–H groups in total. The van der Waals surface area contributed by atoms with Gasteiger partial charge in [-0.1, -0.05) is 0 Å². The minimum atomic E-state index is -1.04. The molecule has 0 bridgehead atoms. The minimum absolute atomic E-state index is 0.282. The van der Waals surface area contributed by atoms with Crippen molar-refractivity contribution >= 4 is 24.1 Å². The first-order valence-electron chi connectivity index (χ1n) is 10.7. The quantitative estimate of drug-likeness (QED) is 0.253. The predicted octanol–water partition coefficient (Wildman–Crippen LogP) is -1.94. The van der Waals surface area contributed by atoms with E-state index in [0.29, 0.717) is 0 Å². The molecule has 2 aliphatic carbocycles. The molecule has 10 atom stereocenters.